The molecule has 26 heavy (non-hydrogen) atoms. The number of anilines is 1. The fourth-order valence-corrected chi connectivity index (χ4v) is 7.92. The molecule has 2 saturated heterocycles. The number of nitrogens with zero attached hydrogens (tertiary/aromatic N) is 2. The highest BCUT2D eigenvalue weighted by molar-refractivity contribution is 8.16. The SMILES string of the molecule is O=C(N=C1S[C@H]2CS(=O)(=O)C[C@H]2N1c1ccc(F)cc1)C1CCCCC1. The van der Waals surface area contributed by atoms with E-state index in [1.165, 1.54) is 30.3 Å². The molecule has 1 aliphatic carbocycles. The van der Waals surface area contributed by atoms with Crippen LogP contribution in [0.5, 0.6) is 0 Å². The van der Waals surface area contributed by atoms with Crippen LogP contribution in [0.3, 0.4) is 0 Å². The third-order valence-electron chi connectivity index (χ3n) is 5.33. The maximum atomic E-state index is 13.3. The third kappa shape index (κ3) is 3.53. The van der Waals surface area contributed by atoms with E-state index in [-0.39, 0.29) is 40.4 Å². The summed E-state index contributed by atoms with van der Waals surface area (Å²) < 4.78 is 37.4. The second-order valence-corrected chi connectivity index (χ2v) is 10.6. The van der Waals surface area contributed by atoms with Crippen LogP contribution in [-0.4, -0.2) is 42.3 Å². The van der Waals surface area contributed by atoms with Crippen LogP contribution in [0.4, 0.5) is 10.1 Å². The summed E-state index contributed by atoms with van der Waals surface area (Å²) in [6.07, 6.45) is 5.02. The molecule has 2 atom stereocenters. The fraction of sp³-hybridized carbons (Fsp3) is 0.556. The van der Waals surface area contributed by atoms with E-state index in [2.05, 4.69) is 4.99 Å². The van der Waals surface area contributed by atoms with Crippen LogP contribution in [0.15, 0.2) is 29.3 Å². The molecular weight excluding hydrogens is 375 g/mol. The quantitative estimate of drug-likeness (QED) is 0.769. The first-order valence-corrected chi connectivity index (χ1v) is 11.7. The Kier molecular flexibility index (Phi) is 4.81. The number of aliphatic imine (C=N–C) groups is 1. The minimum atomic E-state index is -3.10. The van der Waals surface area contributed by atoms with E-state index in [4.69, 9.17) is 0 Å². The van der Waals surface area contributed by atoms with E-state index < -0.39 is 9.84 Å². The van der Waals surface area contributed by atoms with Gasteiger partial charge in [0, 0.05) is 16.9 Å². The van der Waals surface area contributed by atoms with Crippen molar-refractivity contribution in [1.29, 1.82) is 0 Å². The second-order valence-electron chi connectivity index (χ2n) is 7.21. The normalized spacial score (nSPS) is 29.9. The average Bonchev–Trinajstić information content (AvgIpc) is 3.07. The van der Waals surface area contributed by atoms with Gasteiger partial charge in [-0.3, -0.25) is 4.79 Å². The Morgan fingerprint density at radius 2 is 1.81 bits per heavy atom. The summed E-state index contributed by atoms with van der Waals surface area (Å²) in [5, 5.41) is 0.417. The predicted octanol–water partition coefficient (Wildman–Crippen LogP) is 3.01. The Bertz CT molecular complexity index is 832. The molecule has 2 heterocycles. The maximum absolute atomic E-state index is 13.3. The zero-order valence-electron chi connectivity index (χ0n) is 14.3. The maximum Gasteiger partial charge on any atom is 0.251 e. The van der Waals surface area contributed by atoms with Gasteiger partial charge in [-0.25, -0.2) is 12.8 Å². The van der Waals surface area contributed by atoms with E-state index >= 15 is 0 Å². The number of carbonyl (C=O) groups is 1. The molecule has 0 spiro atoms. The van der Waals surface area contributed by atoms with Crippen LogP contribution in [0, 0.1) is 11.7 Å². The van der Waals surface area contributed by atoms with Gasteiger partial charge < -0.3 is 4.90 Å². The number of carbonyl (C=O) groups excluding carboxylic acids is 1. The van der Waals surface area contributed by atoms with E-state index in [9.17, 15) is 17.6 Å². The molecular formula is C18H21FN2O3S2. The number of halogens is 1. The van der Waals surface area contributed by atoms with Crippen molar-refractivity contribution >= 4 is 38.4 Å². The van der Waals surface area contributed by atoms with Crippen molar-refractivity contribution in [1.82, 2.24) is 0 Å². The molecule has 3 aliphatic rings. The topological polar surface area (TPSA) is 66.8 Å². The van der Waals surface area contributed by atoms with Gasteiger partial charge in [0.1, 0.15) is 5.82 Å². The number of amides is 1. The largest absolute Gasteiger partial charge is 0.316 e. The van der Waals surface area contributed by atoms with E-state index in [0.717, 1.165) is 25.7 Å². The second kappa shape index (κ2) is 6.96. The summed E-state index contributed by atoms with van der Waals surface area (Å²) in [7, 11) is -3.10. The number of fused-ring (bicyclic) bond motifs is 1. The lowest BCUT2D eigenvalue weighted by Crippen LogP contribution is -2.38. The van der Waals surface area contributed by atoms with Crippen molar-refractivity contribution in [3.63, 3.8) is 0 Å². The van der Waals surface area contributed by atoms with Crippen molar-refractivity contribution in [3.05, 3.63) is 30.1 Å². The van der Waals surface area contributed by atoms with Gasteiger partial charge >= 0.3 is 0 Å². The zero-order valence-corrected chi connectivity index (χ0v) is 15.9. The first kappa shape index (κ1) is 18.0. The van der Waals surface area contributed by atoms with Crippen molar-refractivity contribution in [3.8, 4) is 0 Å². The van der Waals surface area contributed by atoms with Crippen molar-refractivity contribution < 1.29 is 17.6 Å². The van der Waals surface area contributed by atoms with Crippen molar-refractivity contribution in [2.24, 2.45) is 10.9 Å². The minimum Gasteiger partial charge on any atom is -0.316 e. The molecule has 1 amide bonds. The van der Waals surface area contributed by atoms with Crippen LogP contribution in [0.1, 0.15) is 32.1 Å². The molecule has 1 aromatic carbocycles. The molecule has 0 unspecified atom stereocenters. The van der Waals surface area contributed by atoms with Crippen molar-refractivity contribution in [2.75, 3.05) is 16.4 Å². The molecule has 0 aromatic heterocycles. The van der Waals surface area contributed by atoms with Crippen LogP contribution < -0.4 is 4.90 Å². The molecule has 0 N–H and O–H groups in total. The summed E-state index contributed by atoms with van der Waals surface area (Å²) in [6.45, 7) is 0. The van der Waals surface area contributed by atoms with E-state index in [1.807, 2.05) is 4.90 Å². The molecule has 0 bridgehead atoms. The van der Waals surface area contributed by atoms with Gasteiger partial charge in [0.25, 0.3) is 5.91 Å². The monoisotopic (exact) mass is 396 g/mol. The minimum absolute atomic E-state index is 0.0314. The van der Waals surface area contributed by atoms with Crippen molar-refractivity contribution in [2.45, 2.75) is 43.4 Å². The lowest BCUT2D eigenvalue weighted by Gasteiger charge is -2.25. The molecule has 1 aromatic rings. The molecule has 0 radical (unpaired) electrons. The Hall–Kier alpha value is -1.41. The average molecular weight is 397 g/mol. The van der Waals surface area contributed by atoms with Gasteiger partial charge in [-0.15, -0.1) is 0 Å². The molecule has 3 fully saturated rings. The number of amidine groups is 1. The van der Waals surface area contributed by atoms with Crippen LogP contribution >= 0.6 is 11.8 Å². The molecule has 4 rings (SSSR count). The van der Waals surface area contributed by atoms with E-state index in [0.29, 0.717) is 10.9 Å². The van der Waals surface area contributed by atoms with Crippen LogP contribution in [0.25, 0.3) is 0 Å². The Morgan fingerprint density at radius 3 is 2.50 bits per heavy atom. The Balaban J connectivity index is 1.65. The van der Waals surface area contributed by atoms with Crippen LogP contribution in [0.2, 0.25) is 0 Å². The molecule has 8 heteroatoms. The van der Waals surface area contributed by atoms with Gasteiger partial charge in [0.05, 0.1) is 17.5 Å². The highest BCUT2D eigenvalue weighted by Gasteiger charge is 2.49. The number of benzene rings is 1. The van der Waals surface area contributed by atoms with Gasteiger partial charge in [0.2, 0.25) is 0 Å². The molecule has 2 aliphatic heterocycles. The van der Waals surface area contributed by atoms with Gasteiger partial charge in [-0.1, -0.05) is 31.0 Å². The number of thioether (sulfide) groups is 1. The summed E-state index contributed by atoms with van der Waals surface area (Å²) in [5.41, 5.74) is 0.679. The number of hydrogen-bond acceptors (Lipinski definition) is 4. The number of rotatable bonds is 2. The number of sulfone groups is 1. The Morgan fingerprint density at radius 1 is 1.12 bits per heavy atom. The van der Waals surface area contributed by atoms with Gasteiger partial charge in [0.15, 0.2) is 15.0 Å². The highest BCUT2D eigenvalue weighted by Crippen LogP contribution is 2.41. The van der Waals surface area contributed by atoms with Crippen LogP contribution in [-0.2, 0) is 14.6 Å². The number of hydrogen-bond donors (Lipinski definition) is 0. The summed E-state index contributed by atoms with van der Waals surface area (Å²) in [5.74, 6) is -0.360. The summed E-state index contributed by atoms with van der Waals surface area (Å²) in [6, 6.07) is 5.66. The summed E-state index contributed by atoms with van der Waals surface area (Å²) in [4.78, 5) is 18.8. The summed E-state index contributed by atoms with van der Waals surface area (Å²) >= 11 is 1.37. The van der Waals surface area contributed by atoms with E-state index in [1.54, 1.807) is 12.1 Å². The lowest BCUT2D eigenvalue weighted by atomic mass is 9.89. The first-order chi connectivity index (χ1) is 12.4. The van der Waals surface area contributed by atoms with Gasteiger partial charge in [-0.05, 0) is 37.1 Å². The zero-order chi connectivity index (χ0) is 18.3. The predicted molar refractivity (Wildman–Crippen MR) is 102 cm³/mol. The lowest BCUT2D eigenvalue weighted by molar-refractivity contribution is -0.122. The fourth-order valence-electron chi connectivity index (χ4n) is 4.00. The smallest absolute Gasteiger partial charge is 0.251 e. The van der Waals surface area contributed by atoms with Gasteiger partial charge in [-0.2, -0.15) is 4.99 Å². The Labute approximate surface area is 157 Å². The third-order valence-corrected chi connectivity index (χ3v) is 8.54. The molecule has 1 saturated carbocycles. The molecule has 5 nitrogen and oxygen atoms in total. The highest BCUT2D eigenvalue weighted by atomic mass is 32.2. The standard InChI is InChI=1S/C18H21FN2O3S2/c19-13-6-8-14(9-7-13)21-15-10-26(23,24)11-16(15)25-18(21)20-17(22)12-4-2-1-3-5-12/h6-9,12,15-16H,1-5,10-11H2/t15-,16+/m1/s1. The molecule has 140 valence electrons. The first-order valence-electron chi connectivity index (χ1n) is 8.97.